The fourth-order valence-electron chi connectivity index (χ4n) is 6.10. The van der Waals surface area contributed by atoms with Gasteiger partial charge in [0.15, 0.2) is 0 Å². The van der Waals surface area contributed by atoms with Crippen LogP contribution in [0.2, 0.25) is 0 Å². The minimum absolute atomic E-state index is 0.0608. The summed E-state index contributed by atoms with van der Waals surface area (Å²) in [7, 11) is 2.51. The van der Waals surface area contributed by atoms with Gasteiger partial charge >= 0.3 is 17.5 Å². The van der Waals surface area contributed by atoms with E-state index in [2.05, 4.69) is 13.2 Å². The molecular formula is C37H43N5O14. The van der Waals surface area contributed by atoms with E-state index in [4.69, 9.17) is 23.7 Å². The molecule has 56 heavy (non-hydrogen) atoms. The molecule has 0 unspecified atom stereocenters. The molecule has 2 atom stereocenters. The van der Waals surface area contributed by atoms with Crippen molar-refractivity contribution in [2.24, 2.45) is 0 Å². The summed E-state index contributed by atoms with van der Waals surface area (Å²) in [6.07, 6.45) is 0.910. The highest BCUT2D eigenvalue weighted by Crippen LogP contribution is 2.38. The maximum absolute atomic E-state index is 13.4. The molecule has 2 aromatic carbocycles. The zero-order valence-electron chi connectivity index (χ0n) is 31.6. The summed E-state index contributed by atoms with van der Waals surface area (Å²) in [6.45, 7) is 11.7. The smallest absolute Gasteiger partial charge is 0.410 e. The summed E-state index contributed by atoms with van der Waals surface area (Å²) >= 11 is 0. The Kier molecular flexibility index (Phi) is 13.4. The van der Waals surface area contributed by atoms with Crippen molar-refractivity contribution in [2.75, 3.05) is 53.6 Å². The first-order valence-electron chi connectivity index (χ1n) is 17.2. The van der Waals surface area contributed by atoms with E-state index in [1.807, 2.05) is 0 Å². The van der Waals surface area contributed by atoms with Crippen LogP contribution >= 0.6 is 0 Å². The Morgan fingerprint density at radius 1 is 0.768 bits per heavy atom. The molecule has 2 aliphatic heterocycles. The second-order valence-electron chi connectivity index (χ2n) is 13.9. The van der Waals surface area contributed by atoms with E-state index < -0.39 is 56.8 Å². The van der Waals surface area contributed by atoms with Gasteiger partial charge < -0.3 is 48.0 Å². The standard InChI is InChI=1S/C37H43N5O14/c1-22-12-24(20-43)39(18-22)34(45)26-14-28(41(48)49)32(16-30(26)52-6)54-10-8-38(36(47)56-37(3,4)5)9-11-55-33-17-31(53-7)27(15-29(33)42(50)51)35(46)40-19-23(2)13-25(40)21-44/h14-17,20-21,24-25H,1-2,8-13,18-19H2,3-7H3/t24-,25-/m0/s1. The Morgan fingerprint density at radius 2 is 1.16 bits per heavy atom. The number of nitrogens with zero attached hydrogens (tertiary/aromatic N) is 5. The number of benzene rings is 2. The first kappa shape index (κ1) is 42.2. The van der Waals surface area contributed by atoms with Crippen LogP contribution in [-0.2, 0) is 14.3 Å². The van der Waals surface area contributed by atoms with E-state index in [9.17, 15) is 44.2 Å². The van der Waals surface area contributed by atoms with Crippen LogP contribution in [-0.4, -0.2) is 126 Å². The van der Waals surface area contributed by atoms with E-state index in [-0.39, 0.29) is 86.4 Å². The van der Waals surface area contributed by atoms with Gasteiger partial charge in [-0.1, -0.05) is 24.3 Å². The molecule has 2 aliphatic rings. The molecule has 3 amide bonds. The van der Waals surface area contributed by atoms with Gasteiger partial charge in [0.1, 0.15) is 42.9 Å². The molecule has 2 heterocycles. The van der Waals surface area contributed by atoms with Crippen LogP contribution in [0.15, 0.2) is 48.6 Å². The molecule has 2 saturated heterocycles. The first-order valence-corrected chi connectivity index (χ1v) is 17.2. The lowest BCUT2D eigenvalue weighted by molar-refractivity contribution is -0.386. The van der Waals surface area contributed by atoms with Crippen molar-refractivity contribution in [3.8, 4) is 23.0 Å². The van der Waals surface area contributed by atoms with E-state index in [0.717, 1.165) is 29.2 Å². The van der Waals surface area contributed by atoms with Crippen LogP contribution in [0.3, 0.4) is 0 Å². The lowest BCUT2D eigenvalue weighted by atomic mass is 10.1. The van der Waals surface area contributed by atoms with Crippen molar-refractivity contribution >= 4 is 41.9 Å². The number of nitro benzene ring substituents is 2. The highest BCUT2D eigenvalue weighted by atomic mass is 16.6. The van der Waals surface area contributed by atoms with Gasteiger partial charge in [0, 0.05) is 37.4 Å². The van der Waals surface area contributed by atoms with Gasteiger partial charge in [-0.05, 0) is 33.6 Å². The molecule has 2 aromatic rings. The van der Waals surface area contributed by atoms with Crippen LogP contribution < -0.4 is 18.9 Å². The summed E-state index contributed by atoms with van der Waals surface area (Å²) < 4.78 is 27.7. The maximum atomic E-state index is 13.4. The molecule has 0 saturated carbocycles. The number of likely N-dealkylation sites (tertiary alicyclic amines) is 2. The second kappa shape index (κ2) is 17.7. The van der Waals surface area contributed by atoms with E-state index in [1.54, 1.807) is 20.8 Å². The molecule has 300 valence electrons. The van der Waals surface area contributed by atoms with E-state index in [1.165, 1.54) is 24.0 Å². The van der Waals surface area contributed by atoms with Gasteiger partial charge in [-0.25, -0.2) is 4.79 Å². The fourth-order valence-corrected chi connectivity index (χ4v) is 6.10. The molecule has 0 spiro atoms. The van der Waals surface area contributed by atoms with Gasteiger partial charge in [0.05, 0.1) is 60.4 Å². The summed E-state index contributed by atoms with van der Waals surface area (Å²) in [5.74, 6) is -2.03. The van der Waals surface area contributed by atoms with Gasteiger partial charge in [-0.2, -0.15) is 0 Å². The molecule has 0 bridgehead atoms. The fraction of sp³-hybridized carbons (Fsp3) is 0.432. The number of nitro groups is 2. The molecule has 0 aliphatic carbocycles. The molecule has 19 heteroatoms. The Bertz CT molecular complexity index is 1820. The predicted molar refractivity (Wildman–Crippen MR) is 197 cm³/mol. The Morgan fingerprint density at radius 3 is 1.48 bits per heavy atom. The monoisotopic (exact) mass is 781 g/mol. The van der Waals surface area contributed by atoms with Crippen molar-refractivity contribution in [3.05, 3.63) is 79.9 Å². The maximum Gasteiger partial charge on any atom is 0.410 e. The zero-order chi connectivity index (χ0) is 41.5. The highest BCUT2D eigenvalue weighted by Gasteiger charge is 2.36. The average molecular weight is 782 g/mol. The van der Waals surface area contributed by atoms with Gasteiger partial charge in [-0.3, -0.25) is 29.8 Å². The number of carbonyl (C=O) groups excluding carboxylic acids is 5. The van der Waals surface area contributed by atoms with Crippen molar-refractivity contribution in [1.82, 2.24) is 14.7 Å². The zero-order valence-corrected chi connectivity index (χ0v) is 31.6. The minimum Gasteiger partial charge on any atom is -0.496 e. The van der Waals surface area contributed by atoms with Crippen LogP contribution in [0.5, 0.6) is 23.0 Å². The third-order valence-electron chi connectivity index (χ3n) is 8.73. The number of aldehydes is 2. The molecular weight excluding hydrogens is 738 g/mol. The van der Waals surface area contributed by atoms with Crippen molar-refractivity contribution in [1.29, 1.82) is 0 Å². The lowest BCUT2D eigenvalue weighted by Crippen LogP contribution is -2.41. The molecule has 0 aromatic heterocycles. The number of carbonyl (C=O) groups is 5. The number of rotatable bonds is 16. The third-order valence-corrected chi connectivity index (χ3v) is 8.73. The largest absolute Gasteiger partial charge is 0.496 e. The van der Waals surface area contributed by atoms with Crippen LogP contribution in [0.1, 0.15) is 54.3 Å². The van der Waals surface area contributed by atoms with Gasteiger partial charge in [0.25, 0.3) is 11.8 Å². The third kappa shape index (κ3) is 9.76. The average Bonchev–Trinajstić information content (AvgIpc) is 3.73. The lowest BCUT2D eigenvalue weighted by Gasteiger charge is -2.27. The highest BCUT2D eigenvalue weighted by molar-refractivity contribution is 6.00. The van der Waals surface area contributed by atoms with Crippen molar-refractivity contribution in [2.45, 2.75) is 51.3 Å². The Hall–Kier alpha value is -6.53. The normalized spacial score (nSPS) is 16.6. The number of amides is 3. The number of hydrogen-bond donors (Lipinski definition) is 0. The van der Waals surface area contributed by atoms with Gasteiger partial charge in [-0.15, -0.1) is 0 Å². The van der Waals surface area contributed by atoms with Crippen LogP contribution in [0, 0.1) is 20.2 Å². The topological polar surface area (TPSA) is 227 Å². The summed E-state index contributed by atoms with van der Waals surface area (Å²) in [5.41, 5.74) is -1.15. The number of hydrogen-bond acceptors (Lipinski definition) is 14. The van der Waals surface area contributed by atoms with Crippen LogP contribution in [0.4, 0.5) is 16.2 Å². The molecule has 19 nitrogen and oxygen atoms in total. The summed E-state index contributed by atoms with van der Waals surface area (Å²) in [5, 5.41) is 24.2. The van der Waals surface area contributed by atoms with Gasteiger partial charge in [0.2, 0.25) is 11.5 Å². The van der Waals surface area contributed by atoms with Crippen molar-refractivity contribution in [3.63, 3.8) is 0 Å². The molecule has 2 fully saturated rings. The molecule has 0 radical (unpaired) electrons. The predicted octanol–water partition coefficient (Wildman–Crippen LogP) is 4.15. The van der Waals surface area contributed by atoms with Crippen molar-refractivity contribution < 1.29 is 57.5 Å². The first-order chi connectivity index (χ1) is 26.4. The summed E-state index contributed by atoms with van der Waals surface area (Å²) in [6, 6.07) is 2.73. The second-order valence-corrected chi connectivity index (χ2v) is 13.9. The number of ether oxygens (including phenoxy) is 5. The Labute approximate surface area is 321 Å². The molecule has 0 N–H and O–H groups in total. The van der Waals surface area contributed by atoms with Crippen LogP contribution in [0.25, 0.3) is 0 Å². The Balaban J connectivity index is 1.53. The minimum atomic E-state index is -0.935. The van der Waals surface area contributed by atoms with E-state index in [0.29, 0.717) is 23.7 Å². The summed E-state index contributed by atoms with van der Waals surface area (Å²) in [4.78, 5) is 89.5. The van der Waals surface area contributed by atoms with E-state index >= 15 is 0 Å². The quantitative estimate of drug-likeness (QED) is 0.101. The SMILES string of the molecule is C=C1C[C@@H](C=O)N(C(=O)c2cc([N+](=O)[O-])c(OCCN(CCOc3cc(OC)c(C(=O)N4CC(=C)C[C@H]4C=O)cc3[N+](=O)[O-])C(=O)OC(C)(C)C)cc2OC)C1. The number of methoxy groups -OCH3 is 2. The molecule has 4 rings (SSSR count).